The highest BCUT2D eigenvalue weighted by Crippen LogP contribution is 2.33. The number of rotatable bonds is 7. The van der Waals surface area contributed by atoms with Crippen LogP contribution in [-0.2, 0) is 0 Å². The average molecular weight is 597 g/mol. The Bertz CT molecular complexity index is 2330. The molecule has 0 fully saturated rings. The summed E-state index contributed by atoms with van der Waals surface area (Å²) in [5, 5.41) is 4.06. The summed E-state index contributed by atoms with van der Waals surface area (Å²) >= 11 is 0. The van der Waals surface area contributed by atoms with Gasteiger partial charge >= 0.3 is 0 Å². The highest BCUT2D eigenvalue weighted by molar-refractivity contribution is 6.02. The predicted octanol–water partition coefficient (Wildman–Crippen LogP) is 9.61. The minimum absolute atomic E-state index is 0.270. The first-order valence-corrected chi connectivity index (χ1v) is 15.1. The number of imidazole rings is 1. The van der Waals surface area contributed by atoms with E-state index in [2.05, 4.69) is 118 Å². The summed E-state index contributed by atoms with van der Waals surface area (Å²) < 4.78 is 7.25. The second-order valence-electron chi connectivity index (χ2n) is 11.1. The van der Waals surface area contributed by atoms with Crippen LogP contribution >= 0.6 is 0 Å². The largest absolute Gasteiger partial charge is 0.459 e. The van der Waals surface area contributed by atoms with Crippen molar-refractivity contribution in [3.8, 4) is 16.8 Å². The van der Waals surface area contributed by atoms with Gasteiger partial charge in [-0.1, -0.05) is 84.9 Å². The van der Waals surface area contributed by atoms with Crippen molar-refractivity contribution < 1.29 is 9.21 Å². The first kappa shape index (κ1) is 27.2. The summed E-state index contributed by atoms with van der Waals surface area (Å²) in [6.45, 7) is 0. The van der Waals surface area contributed by atoms with E-state index >= 15 is 0 Å². The summed E-state index contributed by atoms with van der Waals surface area (Å²) in [4.78, 5) is 20.6. The van der Waals surface area contributed by atoms with E-state index in [1.54, 1.807) is 12.1 Å². The number of nitrogens with zero attached hydrogens (tertiary/aromatic N) is 2. The molecule has 0 radical (unpaired) electrons. The maximum atomic E-state index is 12.4. The van der Waals surface area contributed by atoms with E-state index in [0.717, 1.165) is 55.6 Å². The monoisotopic (exact) mass is 596 g/mol. The quantitative estimate of drug-likeness (QED) is 0.192. The smallest absolute Gasteiger partial charge is 0.291 e. The van der Waals surface area contributed by atoms with Crippen LogP contribution in [0.1, 0.15) is 27.2 Å². The Kier molecular flexibility index (Phi) is 6.85. The van der Waals surface area contributed by atoms with Crippen LogP contribution in [0.25, 0.3) is 50.4 Å². The van der Waals surface area contributed by atoms with Gasteiger partial charge < -0.3 is 14.7 Å². The summed E-state index contributed by atoms with van der Waals surface area (Å²) in [7, 11) is 0. The molecule has 0 atom stereocenters. The molecule has 0 unspecified atom stereocenters. The number of carbonyl (C=O) groups is 1. The number of carbonyl (C=O) groups excluding carboxylic acids is 1. The van der Waals surface area contributed by atoms with Gasteiger partial charge in [0.15, 0.2) is 5.76 Å². The van der Waals surface area contributed by atoms with Crippen molar-refractivity contribution in [2.45, 2.75) is 0 Å². The Labute approximate surface area is 265 Å². The maximum Gasteiger partial charge on any atom is 0.291 e. The Balaban J connectivity index is 1.11. The fraction of sp³-hybridized carbons (Fsp3) is 0. The van der Waals surface area contributed by atoms with Crippen molar-refractivity contribution in [1.29, 1.82) is 0 Å². The molecule has 0 saturated carbocycles. The maximum absolute atomic E-state index is 12.4. The third-order valence-electron chi connectivity index (χ3n) is 8.24. The first-order chi connectivity index (χ1) is 22.7. The topological polar surface area (TPSA) is 75.8 Å². The van der Waals surface area contributed by atoms with Gasteiger partial charge in [-0.3, -0.25) is 9.36 Å². The molecule has 2 N–H and O–H groups in total. The van der Waals surface area contributed by atoms with Crippen LogP contribution in [0.4, 0.5) is 5.69 Å². The second-order valence-corrected chi connectivity index (χ2v) is 11.1. The summed E-state index contributed by atoms with van der Waals surface area (Å²) in [5.41, 5.74) is 11.4. The third-order valence-corrected chi connectivity index (χ3v) is 8.24. The van der Waals surface area contributed by atoms with Gasteiger partial charge in [-0.05, 0) is 76.9 Å². The van der Waals surface area contributed by atoms with Crippen LogP contribution in [0, 0.1) is 0 Å². The Hall–Kier alpha value is -6.40. The molecule has 0 aliphatic heterocycles. The first-order valence-electron chi connectivity index (χ1n) is 15.1. The fourth-order valence-electron chi connectivity index (χ4n) is 5.93. The SMILES string of the molecule is O=C(Nc1ccc(-n2cnc3c(-c4ccc(C(=Cc5c[nH]c6ccccc56)c5ccccc5)cc4)cccc32)cc1)c1ccco1. The second kappa shape index (κ2) is 11.6. The molecule has 6 heteroatoms. The number of hydrogen-bond donors (Lipinski definition) is 2. The molecule has 46 heavy (non-hydrogen) atoms. The molecule has 0 saturated heterocycles. The Morgan fingerprint density at radius 3 is 2.35 bits per heavy atom. The van der Waals surface area contributed by atoms with Gasteiger partial charge in [0.1, 0.15) is 6.33 Å². The zero-order valence-corrected chi connectivity index (χ0v) is 24.7. The van der Waals surface area contributed by atoms with Gasteiger partial charge in [-0.25, -0.2) is 4.98 Å². The van der Waals surface area contributed by atoms with Crippen molar-refractivity contribution in [2.75, 3.05) is 5.32 Å². The molecule has 1 amide bonds. The van der Waals surface area contributed by atoms with Crippen LogP contribution in [0.3, 0.4) is 0 Å². The van der Waals surface area contributed by atoms with Crippen LogP contribution in [0.5, 0.6) is 0 Å². The van der Waals surface area contributed by atoms with E-state index < -0.39 is 0 Å². The molecule has 220 valence electrons. The molecule has 6 nitrogen and oxygen atoms in total. The molecule has 5 aromatic carbocycles. The number of fused-ring (bicyclic) bond motifs is 2. The number of anilines is 1. The molecule has 0 spiro atoms. The van der Waals surface area contributed by atoms with Gasteiger partial charge in [-0.2, -0.15) is 0 Å². The van der Waals surface area contributed by atoms with E-state index in [4.69, 9.17) is 9.40 Å². The Morgan fingerprint density at radius 2 is 1.54 bits per heavy atom. The molecule has 0 aliphatic carbocycles. The highest BCUT2D eigenvalue weighted by Gasteiger charge is 2.13. The van der Waals surface area contributed by atoms with E-state index in [0.29, 0.717) is 5.69 Å². The number of aromatic nitrogens is 3. The molecule has 3 heterocycles. The summed E-state index contributed by atoms with van der Waals surface area (Å²) in [5.74, 6) is -0.0160. The number of para-hydroxylation sites is 2. The standard InChI is InChI=1S/C40H28N4O2/c45-40(38-14-7-23-46-38)43-31-19-21-32(22-20-31)44-26-42-39-34(11-6-13-37(39)44)28-15-17-29(18-16-28)35(27-8-2-1-3-9-27)24-30-25-41-36-12-5-4-10-33(30)36/h1-26,41H,(H,43,45). The van der Waals surface area contributed by atoms with E-state index in [-0.39, 0.29) is 11.7 Å². The molecule has 3 aromatic heterocycles. The average Bonchev–Trinajstić information content (AvgIpc) is 3.89. The third kappa shape index (κ3) is 5.08. The molecule has 8 aromatic rings. The number of aromatic amines is 1. The van der Waals surface area contributed by atoms with E-state index in [1.165, 1.54) is 11.6 Å². The number of hydrogen-bond acceptors (Lipinski definition) is 3. The van der Waals surface area contributed by atoms with Crippen LogP contribution < -0.4 is 5.32 Å². The minimum Gasteiger partial charge on any atom is -0.459 e. The molecular weight excluding hydrogens is 568 g/mol. The van der Waals surface area contributed by atoms with Crippen molar-refractivity contribution in [1.82, 2.24) is 14.5 Å². The van der Waals surface area contributed by atoms with Crippen molar-refractivity contribution in [3.05, 3.63) is 175 Å². The molecule has 8 rings (SSSR count). The lowest BCUT2D eigenvalue weighted by atomic mass is 9.93. The number of H-pyrrole nitrogens is 1. The van der Waals surface area contributed by atoms with Gasteiger partial charge in [-0.15, -0.1) is 0 Å². The highest BCUT2D eigenvalue weighted by atomic mass is 16.3. The van der Waals surface area contributed by atoms with Crippen molar-refractivity contribution in [2.24, 2.45) is 0 Å². The van der Waals surface area contributed by atoms with E-state index in [1.807, 2.05) is 36.7 Å². The normalized spacial score (nSPS) is 11.7. The minimum atomic E-state index is -0.286. The summed E-state index contributed by atoms with van der Waals surface area (Å²) in [6.07, 6.45) is 7.66. The number of nitrogens with one attached hydrogen (secondary N) is 2. The number of amides is 1. The molecular formula is C40H28N4O2. The van der Waals surface area contributed by atoms with Gasteiger partial charge in [0.05, 0.1) is 17.3 Å². The van der Waals surface area contributed by atoms with Crippen LogP contribution in [0.2, 0.25) is 0 Å². The number of benzene rings is 5. The lowest BCUT2D eigenvalue weighted by Crippen LogP contribution is -2.10. The zero-order valence-electron chi connectivity index (χ0n) is 24.7. The summed E-state index contributed by atoms with van der Waals surface area (Å²) in [6, 6.07) is 44.9. The van der Waals surface area contributed by atoms with Gasteiger partial charge in [0.25, 0.3) is 5.91 Å². The molecule has 0 aliphatic rings. The lowest BCUT2D eigenvalue weighted by Gasteiger charge is -2.11. The van der Waals surface area contributed by atoms with E-state index in [9.17, 15) is 4.79 Å². The lowest BCUT2D eigenvalue weighted by molar-refractivity contribution is 0.0996. The Morgan fingerprint density at radius 1 is 0.761 bits per heavy atom. The fourth-order valence-corrected chi connectivity index (χ4v) is 5.93. The predicted molar refractivity (Wildman–Crippen MR) is 185 cm³/mol. The molecule has 0 bridgehead atoms. The van der Waals surface area contributed by atoms with Crippen molar-refractivity contribution >= 4 is 45.2 Å². The van der Waals surface area contributed by atoms with Crippen LogP contribution in [-0.4, -0.2) is 20.4 Å². The van der Waals surface area contributed by atoms with Crippen molar-refractivity contribution in [3.63, 3.8) is 0 Å². The van der Waals surface area contributed by atoms with Gasteiger partial charge in [0, 0.05) is 39.6 Å². The van der Waals surface area contributed by atoms with Crippen LogP contribution in [0.15, 0.2) is 157 Å². The van der Waals surface area contributed by atoms with Gasteiger partial charge in [0.2, 0.25) is 0 Å². The zero-order chi connectivity index (χ0) is 30.9. The number of furan rings is 1.